The molecule has 0 saturated heterocycles. The highest BCUT2D eigenvalue weighted by atomic mass is 28.4. The van der Waals surface area contributed by atoms with Crippen LogP contribution in [0.25, 0.3) is 0 Å². The van der Waals surface area contributed by atoms with E-state index in [1.807, 2.05) is 0 Å². The second-order valence-corrected chi connectivity index (χ2v) is 7.86. The van der Waals surface area contributed by atoms with E-state index in [1.165, 1.54) is 51.4 Å². The zero-order valence-electron chi connectivity index (χ0n) is 11.0. The van der Waals surface area contributed by atoms with Crippen LogP contribution in [-0.4, -0.2) is 30.1 Å². The van der Waals surface area contributed by atoms with E-state index in [0.717, 1.165) is 0 Å². The zero-order valence-corrected chi connectivity index (χ0v) is 12.0. The summed E-state index contributed by atoms with van der Waals surface area (Å²) in [5, 5.41) is 0. The lowest BCUT2D eigenvalue weighted by molar-refractivity contribution is 0.107. The van der Waals surface area contributed by atoms with E-state index < -0.39 is 8.80 Å². The van der Waals surface area contributed by atoms with E-state index in [4.69, 9.17) is 13.3 Å². The van der Waals surface area contributed by atoms with Crippen molar-refractivity contribution in [2.45, 2.75) is 56.9 Å². The van der Waals surface area contributed by atoms with E-state index in [-0.39, 0.29) is 0 Å². The number of hydrogen-bond donors (Lipinski definition) is 0. The summed E-state index contributed by atoms with van der Waals surface area (Å²) in [6.45, 7) is 0. The minimum Gasteiger partial charge on any atom is -0.377 e. The van der Waals surface area contributed by atoms with Crippen molar-refractivity contribution < 1.29 is 13.3 Å². The maximum Gasteiger partial charge on any atom is 0.503 e. The Morgan fingerprint density at radius 3 is 1.44 bits per heavy atom. The molecule has 0 bridgehead atoms. The minimum atomic E-state index is -2.39. The van der Waals surface area contributed by atoms with Gasteiger partial charge in [0.25, 0.3) is 0 Å². The lowest BCUT2D eigenvalue weighted by Crippen LogP contribution is -2.47. The third-order valence-electron chi connectivity index (χ3n) is 3.71. The predicted octanol–water partition coefficient (Wildman–Crippen LogP) is 3.37. The second kappa shape index (κ2) is 7.43. The van der Waals surface area contributed by atoms with Crippen LogP contribution in [-0.2, 0) is 13.3 Å². The molecule has 0 atom stereocenters. The van der Waals surface area contributed by atoms with Gasteiger partial charge in [0.1, 0.15) is 0 Å². The minimum absolute atomic E-state index is 0.491. The third kappa shape index (κ3) is 3.55. The monoisotopic (exact) mass is 246 g/mol. The number of rotatable bonds is 4. The summed E-state index contributed by atoms with van der Waals surface area (Å²) in [5.74, 6) is 0. The van der Waals surface area contributed by atoms with Gasteiger partial charge in [-0.05, 0) is 12.8 Å². The molecule has 0 aliphatic heterocycles. The van der Waals surface area contributed by atoms with Crippen molar-refractivity contribution in [1.29, 1.82) is 0 Å². The molecular formula is C12H26O3Si. The molecule has 1 aliphatic carbocycles. The van der Waals surface area contributed by atoms with E-state index in [9.17, 15) is 0 Å². The van der Waals surface area contributed by atoms with Gasteiger partial charge in [-0.25, -0.2) is 0 Å². The van der Waals surface area contributed by atoms with Crippen LogP contribution in [0.5, 0.6) is 0 Å². The molecular weight excluding hydrogens is 220 g/mol. The maximum atomic E-state index is 5.61. The second-order valence-electron chi connectivity index (χ2n) is 4.61. The first-order valence-electron chi connectivity index (χ1n) is 6.44. The molecule has 16 heavy (non-hydrogen) atoms. The number of hydrogen-bond acceptors (Lipinski definition) is 3. The van der Waals surface area contributed by atoms with Crippen LogP contribution >= 0.6 is 0 Å². The smallest absolute Gasteiger partial charge is 0.377 e. The quantitative estimate of drug-likeness (QED) is 0.712. The van der Waals surface area contributed by atoms with Crippen molar-refractivity contribution in [2.75, 3.05) is 21.3 Å². The molecule has 96 valence electrons. The van der Waals surface area contributed by atoms with Gasteiger partial charge >= 0.3 is 8.80 Å². The van der Waals surface area contributed by atoms with E-state index in [1.54, 1.807) is 21.3 Å². The van der Waals surface area contributed by atoms with Crippen LogP contribution in [0.1, 0.15) is 51.4 Å². The largest absolute Gasteiger partial charge is 0.503 e. The summed E-state index contributed by atoms with van der Waals surface area (Å²) in [6, 6.07) is 0. The van der Waals surface area contributed by atoms with Crippen molar-refractivity contribution in [3.8, 4) is 0 Å². The lowest BCUT2D eigenvalue weighted by Gasteiger charge is -2.32. The summed E-state index contributed by atoms with van der Waals surface area (Å²) < 4.78 is 16.8. The van der Waals surface area contributed by atoms with Gasteiger partial charge in [0.15, 0.2) is 0 Å². The molecule has 3 nitrogen and oxygen atoms in total. The summed E-state index contributed by atoms with van der Waals surface area (Å²) in [6.07, 6.45) is 10.4. The van der Waals surface area contributed by atoms with Gasteiger partial charge < -0.3 is 13.3 Å². The van der Waals surface area contributed by atoms with E-state index in [0.29, 0.717) is 5.54 Å². The first-order valence-corrected chi connectivity index (χ1v) is 8.24. The molecule has 0 spiro atoms. The molecule has 0 heterocycles. The first-order chi connectivity index (χ1) is 7.79. The Bertz CT molecular complexity index is 165. The summed E-state index contributed by atoms with van der Waals surface area (Å²) >= 11 is 0. The average molecular weight is 246 g/mol. The molecule has 1 saturated carbocycles. The molecule has 0 aromatic rings. The standard InChI is InChI=1S/C12H26O3Si/c1-13-16(14-2,15-3)12-10-8-6-4-5-7-9-11-12/h12H,4-11H2,1-3H3. The zero-order chi connectivity index (χ0) is 11.9. The Hall–Kier alpha value is 0.0969. The SMILES string of the molecule is CO[Si](OC)(OC)C1CCCCCCCC1. The lowest BCUT2D eigenvalue weighted by atomic mass is 10.1. The molecule has 0 aromatic heterocycles. The average Bonchev–Trinajstić information content (AvgIpc) is 2.46. The fourth-order valence-electron chi connectivity index (χ4n) is 2.74. The molecule has 1 fully saturated rings. The molecule has 0 aromatic carbocycles. The summed E-state index contributed by atoms with van der Waals surface area (Å²) in [5.41, 5.74) is 0.491. The Morgan fingerprint density at radius 1 is 0.688 bits per heavy atom. The van der Waals surface area contributed by atoms with Gasteiger partial charge in [-0.2, -0.15) is 0 Å². The molecule has 0 unspecified atom stereocenters. The van der Waals surface area contributed by atoms with Crippen molar-refractivity contribution >= 4 is 8.80 Å². The third-order valence-corrected chi connectivity index (χ3v) is 6.99. The Labute approximate surface area is 101 Å². The Balaban J connectivity index is 2.63. The molecule has 4 heteroatoms. The summed E-state index contributed by atoms with van der Waals surface area (Å²) in [4.78, 5) is 0. The van der Waals surface area contributed by atoms with Crippen LogP contribution in [0.3, 0.4) is 0 Å². The maximum absolute atomic E-state index is 5.61. The Morgan fingerprint density at radius 2 is 1.06 bits per heavy atom. The first kappa shape index (κ1) is 14.2. The van der Waals surface area contributed by atoms with Crippen molar-refractivity contribution in [3.63, 3.8) is 0 Å². The van der Waals surface area contributed by atoms with Crippen molar-refractivity contribution in [1.82, 2.24) is 0 Å². The van der Waals surface area contributed by atoms with E-state index in [2.05, 4.69) is 0 Å². The highest BCUT2D eigenvalue weighted by molar-refractivity contribution is 6.62. The Kier molecular flexibility index (Phi) is 6.57. The fourth-order valence-corrected chi connectivity index (χ4v) is 5.35. The normalized spacial score (nSPS) is 21.2. The van der Waals surface area contributed by atoms with Crippen LogP contribution in [0.2, 0.25) is 5.54 Å². The van der Waals surface area contributed by atoms with Crippen LogP contribution in [0, 0.1) is 0 Å². The van der Waals surface area contributed by atoms with E-state index >= 15 is 0 Å². The molecule has 1 rings (SSSR count). The van der Waals surface area contributed by atoms with Crippen LogP contribution in [0.15, 0.2) is 0 Å². The highest BCUT2D eigenvalue weighted by Crippen LogP contribution is 2.35. The van der Waals surface area contributed by atoms with Crippen molar-refractivity contribution in [3.05, 3.63) is 0 Å². The van der Waals surface area contributed by atoms with Gasteiger partial charge in [-0.3, -0.25) is 0 Å². The molecule has 0 radical (unpaired) electrons. The van der Waals surface area contributed by atoms with Gasteiger partial charge in [-0.1, -0.05) is 38.5 Å². The highest BCUT2D eigenvalue weighted by Gasteiger charge is 2.46. The van der Waals surface area contributed by atoms with Crippen molar-refractivity contribution in [2.24, 2.45) is 0 Å². The molecule has 0 amide bonds. The van der Waals surface area contributed by atoms with Gasteiger partial charge in [0.2, 0.25) is 0 Å². The summed E-state index contributed by atoms with van der Waals surface area (Å²) in [7, 11) is 2.79. The van der Waals surface area contributed by atoms with Crippen LogP contribution < -0.4 is 0 Å². The van der Waals surface area contributed by atoms with Gasteiger partial charge in [0.05, 0.1) is 0 Å². The molecule has 1 aliphatic rings. The molecule has 0 N–H and O–H groups in total. The van der Waals surface area contributed by atoms with Gasteiger partial charge in [-0.15, -0.1) is 0 Å². The van der Waals surface area contributed by atoms with Gasteiger partial charge in [0, 0.05) is 26.9 Å². The fraction of sp³-hybridized carbons (Fsp3) is 1.00. The predicted molar refractivity (Wildman–Crippen MR) is 67.5 cm³/mol. The topological polar surface area (TPSA) is 27.7 Å². The van der Waals surface area contributed by atoms with Crippen LogP contribution in [0.4, 0.5) is 0 Å².